The van der Waals surface area contributed by atoms with Crippen molar-refractivity contribution < 1.29 is 0 Å². The number of allylic oxidation sites excluding steroid dienone is 8. The summed E-state index contributed by atoms with van der Waals surface area (Å²) in [5.74, 6) is 0. The summed E-state index contributed by atoms with van der Waals surface area (Å²) in [6.07, 6.45) is 24.5. The molecule has 0 atom stereocenters. The Morgan fingerprint density at radius 2 is 1.26 bits per heavy atom. The van der Waals surface area contributed by atoms with Crippen LogP contribution in [0, 0.1) is 6.92 Å². The highest BCUT2D eigenvalue weighted by atomic mass is 15.0. The Hall–Kier alpha value is -9.12. The molecule has 346 valence electrons. The summed E-state index contributed by atoms with van der Waals surface area (Å²) in [4.78, 5) is 9.41. The van der Waals surface area contributed by atoms with Crippen LogP contribution in [0.15, 0.2) is 232 Å². The minimum absolute atomic E-state index is 0.717. The third kappa shape index (κ3) is 8.03. The number of hydrogen-bond acceptors (Lipinski definition) is 2. The average Bonchev–Trinajstić information content (AvgIpc) is 3.80. The van der Waals surface area contributed by atoms with Crippen LogP contribution in [-0.2, 0) is 6.54 Å². The molecule has 0 aliphatic heterocycles. The van der Waals surface area contributed by atoms with Gasteiger partial charge < -0.3 is 9.13 Å². The van der Waals surface area contributed by atoms with Crippen molar-refractivity contribution in [3.8, 4) is 28.1 Å². The lowest BCUT2D eigenvalue weighted by Gasteiger charge is -2.17. The van der Waals surface area contributed by atoms with Gasteiger partial charge in [0.2, 0.25) is 0 Å². The third-order valence-electron chi connectivity index (χ3n) is 14.1. The molecule has 0 radical (unpaired) electrons. The molecule has 0 N–H and O–H groups in total. The zero-order chi connectivity index (χ0) is 49.1. The molecule has 0 fully saturated rings. The monoisotopic (exact) mass is 926 g/mol. The fraction of sp³-hybridized carbons (Fsp3) is 0.0588. The van der Waals surface area contributed by atoms with E-state index in [9.17, 15) is 0 Å². The maximum Gasteiger partial charge on any atom is 0.0708 e. The zero-order valence-electron chi connectivity index (χ0n) is 40.8. The Morgan fingerprint density at radius 3 is 2.04 bits per heavy atom. The lowest BCUT2D eigenvalue weighted by atomic mass is 9.89. The highest BCUT2D eigenvalue weighted by molar-refractivity contribution is 6.12. The second-order valence-electron chi connectivity index (χ2n) is 18.1. The predicted molar refractivity (Wildman–Crippen MR) is 310 cm³/mol. The van der Waals surface area contributed by atoms with Gasteiger partial charge >= 0.3 is 0 Å². The molecule has 0 saturated carbocycles. The Labute approximate surface area is 421 Å². The van der Waals surface area contributed by atoms with E-state index in [2.05, 4.69) is 231 Å². The number of benzene rings is 7. The molecule has 0 bridgehead atoms. The summed E-state index contributed by atoms with van der Waals surface area (Å²) in [6, 6.07) is 59.2. The first-order chi connectivity index (χ1) is 35.6. The molecular weight excluding hydrogens is 873 g/mol. The van der Waals surface area contributed by atoms with Gasteiger partial charge in [-0.3, -0.25) is 9.97 Å². The molecule has 0 saturated heterocycles. The minimum Gasteiger partial charge on any atom is -0.337 e. The van der Waals surface area contributed by atoms with E-state index in [1.165, 1.54) is 82.2 Å². The first kappa shape index (κ1) is 45.3. The van der Waals surface area contributed by atoms with Gasteiger partial charge in [-0.05, 0) is 154 Å². The maximum atomic E-state index is 4.71. The first-order valence-corrected chi connectivity index (χ1v) is 24.6. The zero-order valence-corrected chi connectivity index (χ0v) is 40.8. The molecule has 0 spiro atoms. The highest BCUT2D eigenvalue weighted by Gasteiger charge is 2.19. The Morgan fingerprint density at radius 1 is 0.597 bits per heavy atom. The van der Waals surface area contributed by atoms with Gasteiger partial charge in [0.15, 0.2) is 0 Å². The molecule has 4 nitrogen and oxygen atoms in total. The number of rotatable bonds is 10. The fourth-order valence-corrected chi connectivity index (χ4v) is 10.8. The minimum atomic E-state index is 0.717. The summed E-state index contributed by atoms with van der Waals surface area (Å²) in [5.41, 5.74) is 19.7. The normalized spacial score (nSPS) is 12.8. The number of para-hydroxylation sites is 2. The largest absolute Gasteiger partial charge is 0.337 e. The van der Waals surface area contributed by atoms with Gasteiger partial charge in [-0.25, -0.2) is 0 Å². The van der Waals surface area contributed by atoms with Gasteiger partial charge in [0.1, 0.15) is 0 Å². The Balaban J connectivity index is 0.00000277. The van der Waals surface area contributed by atoms with Gasteiger partial charge in [0.25, 0.3) is 0 Å². The maximum absolute atomic E-state index is 4.71. The lowest BCUT2D eigenvalue weighted by Crippen LogP contribution is -1.99. The number of fused-ring (bicyclic) bond motifs is 9. The molecule has 0 unspecified atom stereocenters. The van der Waals surface area contributed by atoms with Crippen molar-refractivity contribution in [2.24, 2.45) is 0 Å². The summed E-state index contributed by atoms with van der Waals surface area (Å²) >= 11 is 0. The van der Waals surface area contributed by atoms with Crippen molar-refractivity contribution in [3.63, 3.8) is 0 Å². The second kappa shape index (κ2) is 19.7. The SMILES string of the molecule is C=C.C=C/C=C\C(=C(/C)c1ccccn1)c1ccc2c(c1)c1ccccc1n2-c1ccc2c3c(c(C)c(/C=C\Cn4c5ccccc5c5cc(-c6ccccc6-c6ccccn6)ccc54)c2c1)C=CCC=C3. The van der Waals surface area contributed by atoms with Crippen LogP contribution in [0.5, 0.6) is 0 Å². The van der Waals surface area contributed by atoms with Gasteiger partial charge in [-0.1, -0.05) is 152 Å². The first-order valence-electron chi connectivity index (χ1n) is 24.6. The fourth-order valence-electron chi connectivity index (χ4n) is 10.8. The van der Waals surface area contributed by atoms with Crippen molar-refractivity contribution in [2.75, 3.05) is 0 Å². The molecule has 4 heteroatoms. The molecule has 7 aromatic carbocycles. The quantitative estimate of drug-likeness (QED) is 0.101. The van der Waals surface area contributed by atoms with Crippen LogP contribution in [0.1, 0.15) is 46.9 Å². The summed E-state index contributed by atoms with van der Waals surface area (Å²) in [7, 11) is 0. The van der Waals surface area contributed by atoms with Crippen molar-refractivity contribution in [1.82, 2.24) is 19.1 Å². The number of aromatic nitrogens is 4. The molecule has 12 rings (SSSR count). The van der Waals surface area contributed by atoms with Gasteiger partial charge in [0, 0.05) is 62.8 Å². The highest BCUT2D eigenvalue weighted by Crippen LogP contribution is 2.41. The molecule has 1 aliphatic carbocycles. The number of nitrogens with zero attached hydrogens (tertiary/aromatic N) is 4. The smallest absolute Gasteiger partial charge is 0.0708 e. The topological polar surface area (TPSA) is 35.6 Å². The van der Waals surface area contributed by atoms with Gasteiger partial charge in [0.05, 0.1) is 22.4 Å². The van der Waals surface area contributed by atoms with Crippen LogP contribution >= 0.6 is 0 Å². The van der Waals surface area contributed by atoms with Crippen molar-refractivity contribution >= 4 is 83.8 Å². The van der Waals surface area contributed by atoms with E-state index in [0.717, 1.165) is 57.8 Å². The number of pyridine rings is 2. The summed E-state index contributed by atoms with van der Waals surface area (Å²) < 4.78 is 4.90. The molecule has 72 heavy (non-hydrogen) atoms. The molecule has 0 amide bonds. The van der Waals surface area contributed by atoms with E-state index in [4.69, 9.17) is 9.97 Å². The van der Waals surface area contributed by atoms with E-state index in [1.807, 2.05) is 42.7 Å². The van der Waals surface area contributed by atoms with Crippen LogP contribution < -0.4 is 0 Å². The van der Waals surface area contributed by atoms with E-state index in [-0.39, 0.29) is 0 Å². The van der Waals surface area contributed by atoms with Crippen LogP contribution in [0.4, 0.5) is 0 Å². The standard InChI is InChI=1S/C66H50N4.C2H4/c1-4-5-20-49(45(3)61-28-15-17-38-67-61)46-33-37-66-60(41-46)57-26-12-14-31-65(57)70(66)48-34-35-54-53-23-8-6-7-21-50(53)44(2)51(58(54)43-48)27-19-40-69-63-30-13-11-25-56(63)59-42-47(32-36-64(59)69)52-22-9-10-24-55(52)62-29-16-18-39-68-62;1-2/h4-5,7-39,41-43H,1,6,40H2,2-3H3;1-2H2/b20-5-,27-19-,49-45-;. The molecule has 11 aromatic rings. The van der Waals surface area contributed by atoms with Crippen LogP contribution in [-0.4, -0.2) is 19.1 Å². The van der Waals surface area contributed by atoms with Crippen molar-refractivity contribution in [3.05, 3.63) is 266 Å². The van der Waals surface area contributed by atoms with E-state index in [1.54, 1.807) is 0 Å². The van der Waals surface area contributed by atoms with E-state index >= 15 is 0 Å². The van der Waals surface area contributed by atoms with E-state index in [0.29, 0.717) is 0 Å². The van der Waals surface area contributed by atoms with Crippen LogP contribution in [0.25, 0.3) is 112 Å². The van der Waals surface area contributed by atoms with Crippen LogP contribution in [0.2, 0.25) is 0 Å². The molecule has 4 aromatic heterocycles. The van der Waals surface area contributed by atoms with Crippen molar-refractivity contribution in [1.29, 1.82) is 0 Å². The van der Waals surface area contributed by atoms with Gasteiger partial charge in [-0.15, -0.1) is 13.2 Å². The second-order valence-corrected chi connectivity index (χ2v) is 18.1. The summed E-state index contributed by atoms with van der Waals surface area (Å²) in [5, 5.41) is 7.39. The van der Waals surface area contributed by atoms with E-state index < -0.39 is 0 Å². The lowest BCUT2D eigenvalue weighted by molar-refractivity contribution is 0.902. The average molecular weight is 927 g/mol. The Kier molecular flexibility index (Phi) is 12.4. The molecular formula is C68H54N4. The van der Waals surface area contributed by atoms with Crippen LogP contribution in [0.3, 0.4) is 0 Å². The number of hydrogen-bond donors (Lipinski definition) is 0. The van der Waals surface area contributed by atoms with Crippen molar-refractivity contribution in [2.45, 2.75) is 26.8 Å². The third-order valence-corrected chi connectivity index (χ3v) is 14.1. The summed E-state index contributed by atoms with van der Waals surface area (Å²) in [6.45, 7) is 15.1. The predicted octanol–water partition coefficient (Wildman–Crippen LogP) is 18.1. The molecule has 1 aliphatic rings. The van der Waals surface area contributed by atoms with Gasteiger partial charge in [-0.2, -0.15) is 0 Å². The Bertz CT molecular complexity index is 4040. The molecule has 4 heterocycles.